The van der Waals surface area contributed by atoms with E-state index in [4.69, 9.17) is 14.7 Å². The molecular weight excluding hydrogens is 378 g/mol. The number of ether oxygens (including phenoxy) is 2. The molecule has 2 unspecified atom stereocenters. The molecule has 156 valence electrons. The number of carbonyl (C=O) groups excluding carboxylic acids is 1. The Hall–Kier alpha value is -2.88. The predicted molar refractivity (Wildman–Crippen MR) is 113 cm³/mol. The zero-order valence-corrected chi connectivity index (χ0v) is 17.3. The molecule has 6 heteroatoms. The molecule has 2 atom stereocenters. The second-order valence-electron chi connectivity index (χ2n) is 7.96. The number of hydrogen-bond donors (Lipinski definition) is 0. The fourth-order valence-corrected chi connectivity index (χ4v) is 4.33. The lowest BCUT2D eigenvalue weighted by molar-refractivity contribution is -0.140. The number of likely N-dealkylation sites (tertiary alicyclic amines) is 1. The van der Waals surface area contributed by atoms with Gasteiger partial charge in [-0.2, -0.15) is 5.26 Å². The molecule has 30 heavy (non-hydrogen) atoms. The highest BCUT2D eigenvalue weighted by molar-refractivity contribution is 5.80. The minimum atomic E-state index is -0.148. The van der Waals surface area contributed by atoms with E-state index in [1.165, 1.54) is 0 Å². The van der Waals surface area contributed by atoms with E-state index in [1.54, 1.807) is 7.11 Å². The molecule has 0 aromatic heterocycles. The number of methoxy groups -OCH3 is 1. The maximum absolute atomic E-state index is 13.4. The van der Waals surface area contributed by atoms with Gasteiger partial charge in [-0.15, -0.1) is 0 Å². The van der Waals surface area contributed by atoms with Crippen LogP contribution in [0.5, 0.6) is 5.75 Å². The van der Waals surface area contributed by atoms with E-state index in [-0.39, 0.29) is 17.9 Å². The third kappa shape index (κ3) is 4.64. The summed E-state index contributed by atoms with van der Waals surface area (Å²) in [5.74, 6) is 0.824. The molecule has 2 fully saturated rings. The number of piperidine rings is 1. The Balaban J connectivity index is 1.43. The fraction of sp³-hybridized carbons (Fsp3) is 0.417. The van der Waals surface area contributed by atoms with Crippen LogP contribution >= 0.6 is 0 Å². The van der Waals surface area contributed by atoms with E-state index in [2.05, 4.69) is 11.0 Å². The molecule has 0 spiro atoms. The van der Waals surface area contributed by atoms with E-state index in [0.717, 1.165) is 36.4 Å². The predicted octanol–water partition coefficient (Wildman–Crippen LogP) is 2.82. The maximum atomic E-state index is 13.4. The van der Waals surface area contributed by atoms with Gasteiger partial charge in [0.1, 0.15) is 5.75 Å². The maximum Gasteiger partial charge on any atom is 0.229 e. The molecule has 0 N–H and O–H groups in total. The van der Waals surface area contributed by atoms with E-state index >= 15 is 0 Å². The molecule has 1 amide bonds. The summed E-state index contributed by atoms with van der Waals surface area (Å²) in [4.78, 5) is 17.6. The van der Waals surface area contributed by atoms with Gasteiger partial charge in [-0.25, -0.2) is 0 Å². The molecule has 4 rings (SSSR count). The average molecular weight is 405 g/mol. The third-order valence-electron chi connectivity index (χ3n) is 5.95. The van der Waals surface area contributed by atoms with Crippen LogP contribution in [0.4, 0.5) is 0 Å². The van der Waals surface area contributed by atoms with Crippen molar-refractivity contribution in [3.8, 4) is 11.8 Å². The monoisotopic (exact) mass is 405 g/mol. The van der Waals surface area contributed by atoms with E-state index in [9.17, 15) is 4.79 Å². The first kappa shape index (κ1) is 20.4. The zero-order valence-electron chi connectivity index (χ0n) is 17.3. The number of amides is 1. The van der Waals surface area contributed by atoms with Gasteiger partial charge in [0.25, 0.3) is 0 Å². The van der Waals surface area contributed by atoms with E-state index in [0.29, 0.717) is 31.8 Å². The Labute approximate surface area is 177 Å². The number of nitriles is 1. The van der Waals surface area contributed by atoms with Crippen molar-refractivity contribution in [1.29, 1.82) is 5.26 Å². The number of rotatable bonds is 5. The number of carbonyl (C=O) groups is 1. The summed E-state index contributed by atoms with van der Waals surface area (Å²) in [6.45, 7) is 4.13. The van der Waals surface area contributed by atoms with Gasteiger partial charge < -0.3 is 14.4 Å². The molecule has 2 aliphatic heterocycles. The lowest BCUT2D eigenvalue weighted by Gasteiger charge is -2.37. The summed E-state index contributed by atoms with van der Waals surface area (Å²) in [7, 11) is 1.65. The molecule has 0 aliphatic carbocycles. The Kier molecular flexibility index (Phi) is 6.32. The molecule has 2 aliphatic rings. The quantitative estimate of drug-likeness (QED) is 0.765. The smallest absolute Gasteiger partial charge is 0.229 e. The minimum absolute atomic E-state index is 0.00924. The normalized spacial score (nSPS) is 22.1. The summed E-state index contributed by atoms with van der Waals surface area (Å²) in [5.41, 5.74) is 2.88. The molecule has 0 saturated carbocycles. The number of fused-ring (bicyclic) bond motifs is 1. The van der Waals surface area contributed by atoms with E-state index in [1.807, 2.05) is 53.4 Å². The highest BCUT2D eigenvalue weighted by atomic mass is 16.5. The molecule has 2 heterocycles. The van der Waals surface area contributed by atoms with Crippen LogP contribution in [0.3, 0.4) is 0 Å². The molecule has 2 aromatic rings. The van der Waals surface area contributed by atoms with Crippen LogP contribution < -0.4 is 4.74 Å². The van der Waals surface area contributed by atoms with Gasteiger partial charge in [-0.3, -0.25) is 9.69 Å². The van der Waals surface area contributed by atoms with Gasteiger partial charge in [0, 0.05) is 32.7 Å². The summed E-state index contributed by atoms with van der Waals surface area (Å²) in [6, 6.07) is 17.7. The molecule has 2 saturated heterocycles. The summed E-state index contributed by atoms with van der Waals surface area (Å²) < 4.78 is 11.4. The average Bonchev–Trinajstić information content (AvgIpc) is 2.93. The Morgan fingerprint density at radius 2 is 1.97 bits per heavy atom. The second-order valence-corrected chi connectivity index (χ2v) is 7.96. The number of hydrogen-bond acceptors (Lipinski definition) is 5. The third-order valence-corrected chi connectivity index (χ3v) is 5.95. The van der Waals surface area contributed by atoms with Gasteiger partial charge in [0.05, 0.1) is 37.4 Å². The first-order chi connectivity index (χ1) is 14.7. The van der Waals surface area contributed by atoms with Crippen molar-refractivity contribution >= 4 is 5.91 Å². The second kappa shape index (κ2) is 9.29. The van der Waals surface area contributed by atoms with Crippen molar-refractivity contribution in [3.05, 3.63) is 65.2 Å². The topological polar surface area (TPSA) is 65.8 Å². The Morgan fingerprint density at radius 3 is 2.73 bits per heavy atom. The van der Waals surface area contributed by atoms with Crippen molar-refractivity contribution in [2.45, 2.75) is 25.6 Å². The number of nitrogens with zero attached hydrogens (tertiary/aromatic N) is 3. The Bertz CT molecular complexity index is 922. The lowest BCUT2D eigenvalue weighted by atomic mass is 9.92. The number of benzene rings is 2. The van der Waals surface area contributed by atoms with Crippen LogP contribution in [-0.2, 0) is 22.6 Å². The molecule has 0 radical (unpaired) electrons. The van der Waals surface area contributed by atoms with Gasteiger partial charge in [0.2, 0.25) is 5.91 Å². The van der Waals surface area contributed by atoms with Crippen LogP contribution in [0, 0.1) is 17.2 Å². The van der Waals surface area contributed by atoms with Crippen molar-refractivity contribution in [2.24, 2.45) is 5.92 Å². The highest BCUT2D eigenvalue weighted by Crippen LogP contribution is 2.27. The molecule has 6 nitrogen and oxygen atoms in total. The first-order valence-corrected chi connectivity index (χ1v) is 10.4. The van der Waals surface area contributed by atoms with Gasteiger partial charge in [-0.05, 0) is 41.8 Å². The molecule has 2 aromatic carbocycles. The minimum Gasteiger partial charge on any atom is -0.497 e. The van der Waals surface area contributed by atoms with Crippen LogP contribution in [0.25, 0.3) is 0 Å². The largest absolute Gasteiger partial charge is 0.497 e. The highest BCUT2D eigenvalue weighted by Gasteiger charge is 2.39. The lowest BCUT2D eigenvalue weighted by Crippen LogP contribution is -2.49. The molecular formula is C24H27N3O3. The van der Waals surface area contributed by atoms with E-state index < -0.39 is 0 Å². The van der Waals surface area contributed by atoms with Crippen LogP contribution in [0.15, 0.2) is 48.5 Å². The van der Waals surface area contributed by atoms with Gasteiger partial charge in [0.15, 0.2) is 0 Å². The van der Waals surface area contributed by atoms with Crippen molar-refractivity contribution in [1.82, 2.24) is 9.80 Å². The standard InChI is InChI=1S/C24H27N3O3/c1-29-21-4-2-3-20(13-21)16-27-11-12-30-23-9-10-26(17-22(23)24(27)28)15-19-7-5-18(14-25)6-8-19/h2-8,13,22-23H,9-12,15-17H2,1H3. The summed E-state index contributed by atoms with van der Waals surface area (Å²) in [5, 5.41) is 8.97. The van der Waals surface area contributed by atoms with Crippen molar-refractivity contribution in [2.75, 3.05) is 33.4 Å². The van der Waals surface area contributed by atoms with Crippen LogP contribution in [-0.4, -0.2) is 55.2 Å². The van der Waals surface area contributed by atoms with Crippen LogP contribution in [0.2, 0.25) is 0 Å². The summed E-state index contributed by atoms with van der Waals surface area (Å²) in [6.07, 6.45) is 0.852. The van der Waals surface area contributed by atoms with Crippen molar-refractivity contribution in [3.63, 3.8) is 0 Å². The van der Waals surface area contributed by atoms with Gasteiger partial charge in [-0.1, -0.05) is 24.3 Å². The zero-order chi connectivity index (χ0) is 20.9. The van der Waals surface area contributed by atoms with Crippen LogP contribution in [0.1, 0.15) is 23.1 Å². The summed E-state index contributed by atoms with van der Waals surface area (Å²) >= 11 is 0. The van der Waals surface area contributed by atoms with Crippen molar-refractivity contribution < 1.29 is 14.3 Å². The first-order valence-electron chi connectivity index (χ1n) is 10.4. The van der Waals surface area contributed by atoms with Gasteiger partial charge >= 0.3 is 0 Å². The molecule has 0 bridgehead atoms. The fourth-order valence-electron chi connectivity index (χ4n) is 4.33. The Morgan fingerprint density at radius 1 is 1.13 bits per heavy atom. The SMILES string of the molecule is COc1cccc(CN2CCOC3CCN(Cc4ccc(C#N)cc4)CC3C2=O)c1.